The maximum atomic E-state index is 5.08. The van der Waals surface area contributed by atoms with E-state index in [-0.39, 0.29) is 11.4 Å². The van der Waals surface area contributed by atoms with E-state index in [1.54, 1.807) is 11.8 Å². The van der Waals surface area contributed by atoms with Gasteiger partial charge < -0.3 is 9.88 Å². The Morgan fingerprint density at radius 1 is 1.03 bits per heavy atom. The molecule has 1 aliphatic rings. The molecule has 0 aliphatic carbocycles. The summed E-state index contributed by atoms with van der Waals surface area (Å²) in [7, 11) is 0. The highest BCUT2D eigenvalue weighted by Crippen LogP contribution is 2.34. The van der Waals surface area contributed by atoms with Crippen molar-refractivity contribution in [3.63, 3.8) is 0 Å². The van der Waals surface area contributed by atoms with Gasteiger partial charge in [-0.3, -0.25) is 5.43 Å². The first-order chi connectivity index (χ1) is 18.6. The van der Waals surface area contributed by atoms with Gasteiger partial charge in [0, 0.05) is 27.3 Å². The molecule has 1 aliphatic heterocycles. The van der Waals surface area contributed by atoms with Crippen LogP contribution in [0.15, 0.2) is 99.9 Å². The van der Waals surface area contributed by atoms with Gasteiger partial charge in [0.2, 0.25) is 0 Å². The molecule has 0 bridgehead atoms. The maximum Gasteiger partial charge on any atom is 0.165 e. The number of para-hydroxylation sites is 1. The van der Waals surface area contributed by atoms with E-state index in [4.69, 9.17) is 4.98 Å². The minimum absolute atomic E-state index is 0.0361. The fraction of sp³-hybridized carbons (Fsp3) is 0.161. The van der Waals surface area contributed by atoms with Crippen LogP contribution in [0.2, 0.25) is 0 Å². The molecule has 1 unspecified atom stereocenters. The number of hydrazone groups is 1. The molecule has 190 valence electrons. The Morgan fingerprint density at radius 3 is 2.58 bits per heavy atom. The van der Waals surface area contributed by atoms with E-state index < -0.39 is 0 Å². The zero-order valence-corrected chi connectivity index (χ0v) is 23.6. The number of pyridine rings is 1. The highest BCUT2D eigenvalue weighted by atomic mass is 79.9. The minimum Gasteiger partial charge on any atom is -0.355 e. The van der Waals surface area contributed by atoms with Gasteiger partial charge in [0.15, 0.2) is 5.50 Å². The van der Waals surface area contributed by atoms with Crippen LogP contribution < -0.4 is 10.7 Å². The van der Waals surface area contributed by atoms with Crippen molar-refractivity contribution in [1.29, 1.82) is 0 Å². The molecule has 0 amide bonds. The van der Waals surface area contributed by atoms with Crippen molar-refractivity contribution in [2.45, 2.75) is 31.8 Å². The smallest absolute Gasteiger partial charge is 0.165 e. The maximum absolute atomic E-state index is 5.08. The van der Waals surface area contributed by atoms with Crippen LogP contribution in [0.5, 0.6) is 0 Å². The Kier molecular flexibility index (Phi) is 6.96. The molecule has 3 aromatic carbocycles. The van der Waals surface area contributed by atoms with Crippen LogP contribution in [0.4, 0.5) is 0 Å². The summed E-state index contributed by atoms with van der Waals surface area (Å²) in [5.41, 5.74) is 11.1. The van der Waals surface area contributed by atoms with Crippen molar-refractivity contribution in [3.05, 3.63) is 117 Å². The summed E-state index contributed by atoms with van der Waals surface area (Å²) >= 11 is 5.16. The molecule has 5 nitrogen and oxygen atoms in total. The number of aromatic nitrogens is 2. The Balaban J connectivity index is 1.29. The van der Waals surface area contributed by atoms with Crippen LogP contribution in [0.25, 0.3) is 27.5 Å². The first-order valence-electron chi connectivity index (χ1n) is 12.7. The lowest BCUT2D eigenvalue weighted by atomic mass is 10.0. The van der Waals surface area contributed by atoms with Crippen LogP contribution in [0, 0.1) is 0 Å². The second-order valence-corrected chi connectivity index (χ2v) is 11.6. The Bertz CT molecular complexity index is 1660. The monoisotopic (exact) mass is 581 g/mol. The highest BCUT2D eigenvalue weighted by Gasteiger charge is 2.19. The third kappa shape index (κ3) is 4.96. The number of benzene rings is 3. The fourth-order valence-electron chi connectivity index (χ4n) is 4.88. The Labute approximate surface area is 235 Å². The van der Waals surface area contributed by atoms with E-state index in [0.717, 1.165) is 33.7 Å². The number of hydrogen-bond acceptors (Lipinski definition) is 5. The standard InChI is InChI=1S/C31H28BrN5S/c1-20(2)29-30-26(25-10-6-7-11-28(25)37(30)18-21-8-4-3-5-9-21)16-24(34-29)17-33-36-31-35-27(19-38-31)22-12-14-23(32)15-13-22/h3-17,19-20,31,35-36H,18H2,1-2H3/b33-17+. The van der Waals surface area contributed by atoms with Gasteiger partial charge in [-0.15, -0.1) is 0 Å². The molecule has 6 rings (SSSR count). The number of thioether (sulfide) groups is 1. The molecule has 0 spiro atoms. The molecule has 0 saturated heterocycles. The zero-order chi connectivity index (χ0) is 26.1. The molecular formula is C31H28BrN5S. The summed E-state index contributed by atoms with van der Waals surface area (Å²) in [4.78, 5) is 5.08. The van der Waals surface area contributed by atoms with Gasteiger partial charge in [-0.25, -0.2) is 4.98 Å². The lowest BCUT2D eigenvalue weighted by Crippen LogP contribution is -2.31. The van der Waals surface area contributed by atoms with Crippen molar-refractivity contribution in [2.24, 2.45) is 5.10 Å². The molecule has 0 saturated carbocycles. The van der Waals surface area contributed by atoms with Gasteiger partial charge in [0.05, 0.1) is 28.8 Å². The lowest BCUT2D eigenvalue weighted by Gasteiger charge is -2.14. The van der Waals surface area contributed by atoms with Crippen molar-refractivity contribution in [3.8, 4) is 0 Å². The van der Waals surface area contributed by atoms with E-state index >= 15 is 0 Å². The quantitative estimate of drug-likeness (QED) is 0.153. The van der Waals surface area contributed by atoms with Crippen LogP contribution >= 0.6 is 27.7 Å². The Morgan fingerprint density at radius 2 is 1.79 bits per heavy atom. The molecular weight excluding hydrogens is 554 g/mol. The molecule has 7 heteroatoms. The number of fused-ring (bicyclic) bond motifs is 3. The van der Waals surface area contributed by atoms with E-state index in [0.29, 0.717) is 0 Å². The van der Waals surface area contributed by atoms with Gasteiger partial charge in [0.25, 0.3) is 0 Å². The number of rotatable bonds is 7. The SMILES string of the molecule is CC(C)c1nc(/C=N/NC2NC(c3ccc(Br)cc3)=CS2)cc2c3ccccc3n(Cc3ccccc3)c12. The molecule has 2 N–H and O–H groups in total. The molecule has 38 heavy (non-hydrogen) atoms. The number of nitrogens with zero attached hydrogens (tertiary/aromatic N) is 3. The summed E-state index contributed by atoms with van der Waals surface area (Å²) in [6, 6.07) is 29.7. The summed E-state index contributed by atoms with van der Waals surface area (Å²) < 4.78 is 3.48. The largest absolute Gasteiger partial charge is 0.355 e. The van der Waals surface area contributed by atoms with Crippen LogP contribution in [0.1, 0.15) is 42.3 Å². The second-order valence-electron chi connectivity index (χ2n) is 9.66. The molecule has 5 aromatic rings. The summed E-state index contributed by atoms with van der Waals surface area (Å²) in [5.74, 6) is 0.266. The van der Waals surface area contributed by atoms with Gasteiger partial charge >= 0.3 is 0 Å². The van der Waals surface area contributed by atoms with Crippen molar-refractivity contribution in [1.82, 2.24) is 20.3 Å². The van der Waals surface area contributed by atoms with E-state index in [2.05, 4.69) is 128 Å². The minimum atomic E-state index is -0.0361. The topological polar surface area (TPSA) is 54.2 Å². The number of hydrogen-bond donors (Lipinski definition) is 2. The summed E-state index contributed by atoms with van der Waals surface area (Å²) in [6.45, 7) is 5.22. The summed E-state index contributed by atoms with van der Waals surface area (Å²) in [6.07, 6.45) is 1.83. The predicted molar refractivity (Wildman–Crippen MR) is 164 cm³/mol. The van der Waals surface area contributed by atoms with Gasteiger partial charge in [-0.05, 0) is 46.7 Å². The fourth-order valence-corrected chi connectivity index (χ4v) is 5.94. The molecule has 3 heterocycles. The molecule has 1 atom stereocenters. The molecule has 0 radical (unpaired) electrons. The lowest BCUT2D eigenvalue weighted by molar-refractivity contribution is 0.657. The van der Waals surface area contributed by atoms with Crippen molar-refractivity contribution in [2.75, 3.05) is 0 Å². The van der Waals surface area contributed by atoms with Crippen LogP contribution in [-0.4, -0.2) is 21.3 Å². The van der Waals surface area contributed by atoms with E-state index in [1.165, 1.54) is 27.4 Å². The first kappa shape index (κ1) is 24.8. The molecule has 2 aromatic heterocycles. The number of halogens is 1. The highest BCUT2D eigenvalue weighted by molar-refractivity contribution is 9.10. The third-order valence-electron chi connectivity index (χ3n) is 6.68. The first-order valence-corrected chi connectivity index (χ1v) is 14.4. The summed E-state index contributed by atoms with van der Waals surface area (Å²) in [5, 5.41) is 12.6. The zero-order valence-electron chi connectivity index (χ0n) is 21.2. The number of nitrogens with one attached hydrogen (secondary N) is 2. The van der Waals surface area contributed by atoms with Crippen LogP contribution in [-0.2, 0) is 6.54 Å². The van der Waals surface area contributed by atoms with Crippen LogP contribution in [0.3, 0.4) is 0 Å². The van der Waals surface area contributed by atoms with E-state index in [1.807, 2.05) is 18.3 Å². The second kappa shape index (κ2) is 10.7. The average molecular weight is 583 g/mol. The average Bonchev–Trinajstić information content (AvgIpc) is 3.53. The normalized spacial score (nSPS) is 15.5. The molecule has 0 fully saturated rings. The van der Waals surface area contributed by atoms with Crippen molar-refractivity contribution < 1.29 is 0 Å². The van der Waals surface area contributed by atoms with Gasteiger partial charge in [0.1, 0.15) is 0 Å². The predicted octanol–water partition coefficient (Wildman–Crippen LogP) is 7.67. The third-order valence-corrected chi connectivity index (χ3v) is 8.07. The van der Waals surface area contributed by atoms with Gasteiger partial charge in [-0.2, -0.15) is 5.10 Å². The van der Waals surface area contributed by atoms with Gasteiger partial charge in [-0.1, -0.05) is 102 Å². The Hall–Kier alpha value is -3.55. The van der Waals surface area contributed by atoms with Crippen molar-refractivity contribution >= 4 is 61.4 Å². The van der Waals surface area contributed by atoms with E-state index in [9.17, 15) is 0 Å².